The molecular weight excluding hydrogens is 345 g/mol. The number of halogens is 3. The van der Waals surface area contributed by atoms with Gasteiger partial charge in [0.1, 0.15) is 11.3 Å². The van der Waals surface area contributed by atoms with Gasteiger partial charge < -0.3 is 5.32 Å². The molecule has 0 aliphatic carbocycles. The summed E-state index contributed by atoms with van der Waals surface area (Å²) in [5.41, 5.74) is 1.32. The van der Waals surface area contributed by atoms with Gasteiger partial charge in [0.2, 0.25) is 0 Å². The standard InChI is InChI=1S/C17H11F3N6/c18-17(19,20)11-2-1-3-13(8-11)26-10-12(9-23-26)24-15-5-4-14-16(25-15)22-7-6-21-14/h1-10H,(H,22,24,25). The third-order valence-electron chi connectivity index (χ3n) is 3.62. The summed E-state index contributed by atoms with van der Waals surface area (Å²) < 4.78 is 39.9. The Bertz CT molecular complexity index is 1070. The molecule has 9 heteroatoms. The van der Waals surface area contributed by atoms with E-state index >= 15 is 0 Å². The summed E-state index contributed by atoms with van der Waals surface area (Å²) in [5, 5.41) is 7.15. The number of hydrogen-bond donors (Lipinski definition) is 1. The quantitative estimate of drug-likeness (QED) is 0.601. The lowest BCUT2D eigenvalue weighted by Crippen LogP contribution is -2.06. The second-order valence-electron chi connectivity index (χ2n) is 5.44. The van der Waals surface area contributed by atoms with Crippen LogP contribution in [0.25, 0.3) is 16.9 Å². The van der Waals surface area contributed by atoms with Gasteiger partial charge in [-0.15, -0.1) is 0 Å². The zero-order valence-electron chi connectivity index (χ0n) is 13.1. The Hall–Kier alpha value is -3.49. The van der Waals surface area contributed by atoms with Crippen LogP contribution in [0.4, 0.5) is 24.7 Å². The molecule has 6 nitrogen and oxygen atoms in total. The lowest BCUT2D eigenvalue weighted by molar-refractivity contribution is -0.137. The van der Waals surface area contributed by atoms with Crippen molar-refractivity contribution >= 4 is 22.7 Å². The molecule has 0 spiro atoms. The first-order valence-corrected chi connectivity index (χ1v) is 7.56. The molecule has 0 aliphatic heterocycles. The number of anilines is 2. The second kappa shape index (κ2) is 6.10. The monoisotopic (exact) mass is 356 g/mol. The lowest BCUT2D eigenvalue weighted by atomic mass is 10.2. The molecular formula is C17H11F3N6. The summed E-state index contributed by atoms with van der Waals surface area (Å²) in [4.78, 5) is 12.6. The van der Waals surface area contributed by atoms with Crippen LogP contribution in [0, 0.1) is 0 Å². The smallest absolute Gasteiger partial charge is 0.338 e. The fraction of sp³-hybridized carbons (Fsp3) is 0.0588. The molecule has 0 saturated heterocycles. The van der Waals surface area contributed by atoms with Crippen LogP contribution in [-0.4, -0.2) is 24.7 Å². The fourth-order valence-electron chi connectivity index (χ4n) is 2.43. The highest BCUT2D eigenvalue weighted by Gasteiger charge is 2.30. The number of rotatable bonds is 3. The molecule has 3 aromatic heterocycles. The van der Waals surface area contributed by atoms with Crippen molar-refractivity contribution < 1.29 is 13.2 Å². The van der Waals surface area contributed by atoms with Crippen LogP contribution in [-0.2, 0) is 6.18 Å². The summed E-state index contributed by atoms with van der Waals surface area (Å²) in [6.45, 7) is 0. The Labute approximate surface area is 145 Å². The number of benzene rings is 1. The van der Waals surface area contributed by atoms with Gasteiger partial charge in [0.15, 0.2) is 5.65 Å². The predicted molar refractivity (Wildman–Crippen MR) is 89.2 cm³/mol. The molecule has 1 N–H and O–H groups in total. The SMILES string of the molecule is FC(F)(F)c1cccc(-n2cc(Nc3ccc4nccnc4n3)cn2)c1. The van der Waals surface area contributed by atoms with Crippen LogP contribution in [0.5, 0.6) is 0 Å². The van der Waals surface area contributed by atoms with Gasteiger partial charge in [0, 0.05) is 12.4 Å². The normalized spacial score (nSPS) is 11.7. The molecule has 0 saturated carbocycles. The Kier molecular flexibility index (Phi) is 3.76. The van der Waals surface area contributed by atoms with Gasteiger partial charge >= 0.3 is 6.18 Å². The predicted octanol–water partition coefficient (Wildman–Crippen LogP) is 3.97. The van der Waals surface area contributed by atoms with Crippen LogP contribution < -0.4 is 5.32 Å². The lowest BCUT2D eigenvalue weighted by Gasteiger charge is -2.08. The molecule has 0 atom stereocenters. The number of aromatic nitrogens is 5. The zero-order chi connectivity index (χ0) is 18.1. The van der Waals surface area contributed by atoms with E-state index in [1.807, 2.05) is 0 Å². The average Bonchev–Trinajstić information content (AvgIpc) is 3.09. The maximum absolute atomic E-state index is 12.8. The third-order valence-corrected chi connectivity index (χ3v) is 3.62. The molecule has 0 radical (unpaired) electrons. The van der Waals surface area contributed by atoms with Gasteiger partial charge in [0.05, 0.1) is 29.3 Å². The van der Waals surface area contributed by atoms with E-state index in [1.54, 1.807) is 36.8 Å². The minimum Gasteiger partial charge on any atom is -0.338 e. The number of alkyl halides is 3. The highest BCUT2D eigenvalue weighted by Crippen LogP contribution is 2.30. The van der Waals surface area contributed by atoms with Crippen LogP contribution in [0.3, 0.4) is 0 Å². The van der Waals surface area contributed by atoms with Crippen molar-refractivity contribution in [3.8, 4) is 5.69 Å². The van der Waals surface area contributed by atoms with E-state index in [0.717, 1.165) is 12.1 Å². The van der Waals surface area contributed by atoms with E-state index in [0.29, 0.717) is 28.4 Å². The second-order valence-corrected chi connectivity index (χ2v) is 5.44. The number of hydrogen-bond acceptors (Lipinski definition) is 5. The van der Waals surface area contributed by atoms with Gasteiger partial charge in [-0.05, 0) is 30.3 Å². The van der Waals surface area contributed by atoms with Crippen molar-refractivity contribution in [3.05, 3.63) is 66.7 Å². The molecule has 4 rings (SSSR count). The van der Waals surface area contributed by atoms with Crippen molar-refractivity contribution in [2.45, 2.75) is 6.18 Å². The number of fused-ring (bicyclic) bond motifs is 1. The summed E-state index contributed by atoms with van der Waals surface area (Å²) in [6, 6.07) is 8.47. The van der Waals surface area contributed by atoms with Crippen LogP contribution in [0.2, 0.25) is 0 Å². The fourth-order valence-corrected chi connectivity index (χ4v) is 2.43. The Morgan fingerprint density at radius 1 is 1.00 bits per heavy atom. The molecule has 0 bridgehead atoms. The number of nitrogens with one attached hydrogen (secondary N) is 1. The first-order chi connectivity index (χ1) is 12.5. The van der Waals surface area contributed by atoms with Crippen LogP contribution in [0.15, 0.2) is 61.2 Å². The van der Waals surface area contributed by atoms with Crippen molar-refractivity contribution in [2.75, 3.05) is 5.32 Å². The van der Waals surface area contributed by atoms with Gasteiger partial charge in [-0.2, -0.15) is 18.3 Å². The van der Waals surface area contributed by atoms with E-state index in [9.17, 15) is 13.2 Å². The maximum atomic E-state index is 12.8. The van der Waals surface area contributed by atoms with E-state index in [4.69, 9.17) is 0 Å². The maximum Gasteiger partial charge on any atom is 0.416 e. The molecule has 3 heterocycles. The minimum atomic E-state index is -4.40. The average molecular weight is 356 g/mol. The van der Waals surface area contributed by atoms with Crippen molar-refractivity contribution in [1.29, 1.82) is 0 Å². The van der Waals surface area contributed by atoms with E-state index in [1.165, 1.54) is 16.9 Å². The molecule has 0 fully saturated rings. The molecule has 1 aromatic carbocycles. The van der Waals surface area contributed by atoms with Crippen LogP contribution in [0.1, 0.15) is 5.56 Å². The summed E-state index contributed by atoms with van der Waals surface area (Å²) in [7, 11) is 0. The summed E-state index contributed by atoms with van der Waals surface area (Å²) in [5.74, 6) is 0.529. The molecule has 0 amide bonds. The van der Waals surface area contributed by atoms with Gasteiger partial charge in [0.25, 0.3) is 0 Å². The number of pyridine rings is 1. The topological polar surface area (TPSA) is 68.5 Å². The van der Waals surface area contributed by atoms with E-state index < -0.39 is 11.7 Å². The Morgan fingerprint density at radius 3 is 2.69 bits per heavy atom. The first kappa shape index (κ1) is 16.0. The molecule has 0 unspecified atom stereocenters. The van der Waals surface area contributed by atoms with E-state index in [2.05, 4.69) is 25.4 Å². The van der Waals surface area contributed by atoms with Crippen molar-refractivity contribution in [1.82, 2.24) is 24.7 Å². The molecule has 0 aliphatic rings. The molecule has 130 valence electrons. The first-order valence-electron chi connectivity index (χ1n) is 7.56. The minimum absolute atomic E-state index is 0.310. The molecule has 4 aromatic rings. The largest absolute Gasteiger partial charge is 0.416 e. The Morgan fingerprint density at radius 2 is 1.85 bits per heavy atom. The summed E-state index contributed by atoms with van der Waals surface area (Å²) >= 11 is 0. The van der Waals surface area contributed by atoms with Crippen molar-refractivity contribution in [2.24, 2.45) is 0 Å². The van der Waals surface area contributed by atoms with E-state index in [-0.39, 0.29) is 0 Å². The number of nitrogens with zero attached hydrogens (tertiary/aromatic N) is 5. The zero-order valence-corrected chi connectivity index (χ0v) is 13.1. The summed E-state index contributed by atoms with van der Waals surface area (Å²) in [6.07, 6.45) is 1.81. The Balaban J connectivity index is 1.60. The van der Waals surface area contributed by atoms with Crippen LogP contribution >= 0.6 is 0 Å². The van der Waals surface area contributed by atoms with Gasteiger partial charge in [-0.3, -0.25) is 4.98 Å². The van der Waals surface area contributed by atoms with Gasteiger partial charge in [-0.1, -0.05) is 6.07 Å². The highest BCUT2D eigenvalue weighted by molar-refractivity contribution is 5.72. The third kappa shape index (κ3) is 3.18. The van der Waals surface area contributed by atoms with Crippen molar-refractivity contribution in [3.63, 3.8) is 0 Å². The molecule has 26 heavy (non-hydrogen) atoms. The highest BCUT2D eigenvalue weighted by atomic mass is 19.4. The van der Waals surface area contributed by atoms with Gasteiger partial charge in [-0.25, -0.2) is 14.6 Å².